The minimum Gasteiger partial charge on any atom is -0.237 e. The Hall–Kier alpha value is -3.91. The molecule has 4 aromatic rings. The zero-order chi connectivity index (χ0) is 19.5. The van der Waals surface area contributed by atoms with Crippen LogP contribution in [0.15, 0.2) is 78.9 Å². The molecule has 0 saturated carbocycles. The molecule has 0 aliphatic rings. The van der Waals surface area contributed by atoms with Crippen molar-refractivity contribution in [3.63, 3.8) is 0 Å². The lowest BCUT2D eigenvalue weighted by atomic mass is 10.1. The lowest BCUT2D eigenvalue weighted by molar-refractivity contribution is 0.509. The molecule has 1 heterocycles. The van der Waals surface area contributed by atoms with Gasteiger partial charge in [-0.15, -0.1) is 0 Å². The van der Waals surface area contributed by atoms with E-state index in [0.717, 1.165) is 23.3 Å². The minimum absolute atomic E-state index is 0.0388. The first-order valence-electron chi connectivity index (χ1n) is 8.52. The average molecular weight is 369 g/mol. The summed E-state index contributed by atoms with van der Waals surface area (Å²) in [5.41, 5.74) is 3.09. The molecule has 1 aromatic heterocycles. The van der Waals surface area contributed by atoms with E-state index in [2.05, 4.69) is 14.8 Å². The van der Waals surface area contributed by atoms with Gasteiger partial charge in [-0.05, 0) is 18.2 Å². The maximum Gasteiger partial charge on any atom is 0.201 e. The molecule has 0 fully saturated rings. The summed E-state index contributed by atoms with van der Waals surface area (Å²) < 4.78 is 27.5. The predicted molar refractivity (Wildman–Crippen MR) is 105 cm³/mol. The van der Waals surface area contributed by atoms with Crippen LogP contribution in [-0.4, -0.2) is 9.97 Å². The maximum absolute atomic E-state index is 13.9. The SMILES string of the molecule is [C-]#[N+]c1cc(F)c(F)cc1-c1nc(-c2ccccc2)cc(-c2ccccc2)n1. The molecule has 3 aromatic carbocycles. The molecule has 0 spiro atoms. The van der Waals surface area contributed by atoms with E-state index in [-0.39, 0.29) is 17.1 Å². The molecule has 5 heteroatoms. The van der Waals surface area contributed by atoms with Gasteiger partial charge in [0.15, 0.2) is 5.82 Å². The van der Waals surface area contributed by atoms with Gasteiger partial charge in [-0.25, -0.2) is 23.6 Å². The highest BCUT2D eigenvalue weighted by atomic mass is 19.2. The molecule has 0 amide bonds. The van der Waals surface area contributed by atoms with Gasteiger partial charge < -0.3 is 0 Å². The molecule has 0 atom stereocenters. The Kier molecular flexibility index (Phi) is 4.61. The van der Waals surface area contributed by atoms with Crippen LogP contribution < -0.4 is 0 Å². The van der Waals surface area contributed by atoms with Gasteiger partial charge in [0, 0.05) is 16.7 Å². The first-order valence-corrected chi connectivity index (χ1v) is 8.52. The minimum atomic E-state index is -1.07. The molecule has 0 saturated heterocycles. The van der Waals surface area contributed by atoms with Gasteiger partial charge in [-0.1, -0.05) is 60.7 Å². The number of rotatable bonds is 3. The van der Waals surface area contributed by atoms with Gasteiger partial charge >= 0.3 is 0 Å². The van der Waals surface area contributed by atoms with E-state index >= 15 is 0 Å². The Morgan fingerprint density at radius 3 is 1.68 bits per heavy atom. The van der Waals surface area contributed by atoms with Crippen LogP contribution in [0.5, 0.6) is 0 Å². The second kappa shape index (κ2) is 7.37. The van der Waals surface area contributed by atoms with Crippen molar-refractivity contribution in [1.82, 2.24) is 9.97 Å². The number of halogens is 2. The first-order chi connectivity index (χ1) is 13.7. The third-order valence-corrected chi connectivity index (χ3v) is 4.27. The molecule has 0 radical (unpaired) electrons. The van der Waals surface area contributed by atoms with Crippen molar-refractivity contribution in [3.05, 3.63) is 102 Å². The van der Waals surface area contributed by atoms with Crippen LogP contribution in [0.3, 0.4) is 0 Å². The molecular formula is C23H13F2N3. The summed E-state index contributed by atoms with van der Waals surface area (Å²) in [6.45, 7) is 7.32. The van der Waals surface area contributed by atoms with Gasteiger partial charge in [0.2, 0.25) is 5.69 Å². The van der Waals surface area contributed by atoms with E-state index in [4.69, 9.17) is 6.57 Å². The van der Waals surface area contributed by atoms with E-state index in [1.54, 1.807) is 0 Å². The van der Waals surface area contributed by atoms with Crippen molar-refractivity contribution in [2.75, 3.05) is 0 Å². The smallest absolute Gasteiger partial charge is 0.201 e. The van der Waals surface area contributed by atoms with Gasteiger partial charge in [0.05, 0.1) is 18.0 Å². The van der Waals surface area contributed by atoms with Crippen LogP contribution in [0.2, 0.25) is 0 Å². The first kappa shape index (κ1) is 17.5. The lowest BCUT2D eigenvalue weighted by Gasteiger charge is -2.10. The van der Waals surface area contributed by atoms with E-state index in [1.807, 2.05) is 66.7 Å². The van der Waals surface area contributed by atoms with Crippen LogP contribution in [0.1, 0.15) is 0 Å². The summed E-state index contributed by atoms with van der Waals surface area (Å²) in [6, 6.07) is 22.7. The zero-order valence-electron chi connectivity index (χ0n) is 14.6. The quantitative estimate of drug-likeness (QED) is 0.396. The number of nitrogens with zero attached hydrogens (tertiary/aromatic N) is 3. The van der Waals surface area contributed by atoms with E-state index in [9.17, 15) is 8.78 Å². The normalized spacial score (nSPS) is 10.5. The van der Waals surface area contributed by atoms with Crippen molar-refractivity contribution >= 4 is 5.69 Å². The third-order valence-electron chi connectivity index (χ3n) is 4.27. The number of hydrogen-bond acceptors (Lipinski definition) is 2. The Morgan fingerprint density at radius 1 is 0.679 bits per heavy atom. The fourth-order valence-corrected chi connectivity index (χ4v) is 2.89. The van der Waals surface area contributed by atoms with Crippen LogP contribution in [-0.2, 0) is 0 Å². The molecule has 4 rings (SSSR count). The maximum atomic E-state index is 13.9. The third kappa shape index (κ3) is 3.36. The molecule has 28 heavy (non-hydrogen) atoms. The van der Waals surface area contributed by atoms with Crippen molar-refractivity contribution in [2.24, 2.45) is 0 Å². The predicted octanol–water partition coefficient (Wildman–Crippen LogP) is 6.31. The van der Waals surface area contributed by atoms with Gasteiger partial charge in [-0.2, -0.15) is 0 Å². The topological polar surface area (TPSA) is 30.1 Å². The second-order valence-corrected chi connectivity index (χ2v) is 6.09. The number of aromatic nitrogens is 2. The summed E-state index contributed by atoms with van der Waals surface area (Å²) in [4.78, 5) is 12.4. The van der Waals surface area contributed by atoms with Crippen molar-refractivity contribution < 1.29 is 8.78 Å². The fourth-order valence-electron chi connectivity index (χ4n) is 2.89. The van der Waals surface area contributed by atoms with E-state index in [0.29, 0.717) is 11.4 Å². The molecular weight excluding hydrogens is 356 g/mol. The molecule has 0 bridgehead atoms. The highest BCUT2D eigenvalue weighted by Gasteiger charge is 2.16. The molecule has 134 valence electrons. The van der Waals surface area contributed by atoms with Gasteiger partial charge in [0.1, 0.15) is 11.6 Å². The number of hydrogen-bond donors (Lipinski definition) is 0. The summed E-state index contributed by atoms with van der Waals surface area (Å²) in [6.07, 6.45) is 0. The van der Waals surface area contributed by atoms with Crippen molar-refractivity contribution in [3.8, 4) is 33.9 Å². The fraction of sp³-hybridized carbons (Fsp3) is 0. The van der Waals surface area contributed by atoms with Crippen molar-refractivity contribution in [1.29, 1.82) is 0 Å². The summed E-state index contributed by atoms with van der Waals surface area (Å²) >= 11 is 0. The molecule has 3 nitrogen and oxygen atoms in total. The lowest BCUT2D eigenvalue weighted by Crippen LogP contribution is -1.97. The molecule has 0 aliphatic heterocycles. The van der Waals surface area contributed by atoms with Crippen LogP contribution in [0.4, 0.5) is 14.5 Å². The summed E-state index contributed by atoms with van der Waals surface area (Å²) in [5, 5.41) is 0. The summed E-state index contributed by atoms with van der Waals surface area (Å²) in [5.74, 6) is -1.94. The van der Waals surface area contributed by atoms with Gasteiger partial charge in [-0.3, -0.25) is 0 Å². The molecule has 0 unspecified atom stereocenters. The summed E-state index contributed by atoms with van der Waals surface area (Å²) in [7, 11) is 0. The highest BCUT2D eigenvalue weighted by Crippen LogP contribution is 2.33. The van der Waals surface area contributed by atoms with Crippen LogP contribution in [0.25, 0.3) is 38.7 Å². The standard InChI is InChI=1S/C23H13F2N3/c1-26-22-13-19(25)18(24)12-17(22)23-27-20(15-8-4-2-5-9-15)14-21(28-23)16-10-6-3-7-11-16/h2-14H. The highest BCUT2D eigenvalue weighted by molar-refractivity contribution is 5.78. The van der Waals surface area contributed by atoms with E-state index < -0.39 is 11.6 Å². The van der Waals surface area contributed by atoms with Crippen LogP contribution in [0, 0.1) is 18.2 Å². The molecule has 0 N–H and O–H groups in total. The monoisotopic (exact) mass is 369 g/mol. The van der Waals surface area contributed by atoms with Gasteiger partial charge in [0.25, 0.3) is 0 Å². The Labute approximate surface area is 160 Å². The average Bonchev–Trinajstić information content (AvgIpc) is 2.76. The number of benzene rings is 3. The van der Waals surface area contributed by atoms with Crippen LogP contribution >= 0.6 is 0 Å². The van der Waals surface area contributed by atoms with Crippen molar-refractivity contribution in [2.45, 2.75) is 0 Å². The molecule has 0 aliphatic carbocycles. The largest absolute Gasteiger partial charge is 0.237 e. The zero-order valence-corrected chi connectivity index (χ0v) is 14.6. The Balaban J connectivity index is 1.98. The Morgan fingerprint density at radius 2 is 1.18 bits per heavy atom. The Bertz CT molecular complexity index is 1130. The van der Waals surface area contributed by atoms with E-state index in [1.165, 1.54) is 0 Å². The second-order valence-electron chi connectivity index (χ2n) is 6.09.